The molecule has 0 atom stereocenters. The Bertz CT molecular complexity index is 451. The van der Waals surface area contributed by atoms with Crippen LogP contribution in [0, 0.1) is 0 Å². The van der Waals surface area contributed by atoms with E-state index in [2.05, 4.69) is 15.5 Å². The van der Waals surface area contributed by atoms with Crippen molar-refractivity contribution in [2.75, 3.05) is 7.11 Å². The Hall–Kier alpha value is -1.73. The molecule has 0 spiro atoms. The van der Waals surface area contributed by atoms with Gasteiger partial charge in [-0.25, -0.2) is 4.68 Å². The number of rotatable bonds is 5. The molecule has 0 aliphatic carbocycles. The summed E-state index contributed by atoms with van der Waals surface area (Å²) in [6, 6.07) is 1.80. The molecule has 0 aromatic carbocycles. The van der Waals surface area contributed by atoms with Crippen molar-refractivity contribution in [3.63, 3.8) is 0 Å². The number of nitrogens with zero attached hydrogens (tertiary/aromatic N) is 4. The normalized spacial score (nSPS) is 10.9. The van der Waals surface area contributed by atoms with Gasteiger partial charge in [0.15, 0.2) is 5.76 Å². The Labute approximate surface area is 91.6 Å². The molecule has 7 heteroatoms. The molecule has 16 heavy (non-hydrogen) atoms. The molecule has 2 aromatic rings. The lowest BCUT2D eigenvalue weighted by Crippen LogP contribution is -2.00. The highest BCUT2D eigenvalue weighted by molar-refractivity contribution is 5.05. The van der Waals surface area contributed by atoms with Crippen molar-refractivity contribution in [2.24, 2.45) is 0 Å². The summed E-state index contributed by atoms with van der Waals surface area (Å²) in [6.45, 7) is 0.736. The van der Waals surface area contributed by atoms with Gasteiger partial charge in [-0.1, -0.05) is 10.4 Å². The van der Waals surface area contributed by atoms with E-state index in [1.807, 2.05) is 0 Å². The molecule has 0 saturated carbocycles. The molecule has 0 aliphatic rings. The van der Waals surface area contributed by atoms with Crippen molar-refractivity contribution in [1.29, 1.82) is 0 Å². The Morgan fingerprint density at radius 2 is 2.38 bits per heavy atom. The Morgan fingerprint density at radius 3 is 3.06 bits per heavy atom. The fourth-order valence-corrected chi connectivity index (χ4v) is 1.29. The second kappa shape index (κ2) is 4.86. The number of hydrogen-bond acceptors (Lipinski definition) is 6. The molecule has 0 aliphatic heterocycles. The fraction of sp³-hybridized carbons (Fsp3) is 0.444. The van der Waals surface area contributed by atoms with Crippen molar-refractivity contribution in [3.05, 3.63) is 29.4 Å². The van der Waals surface area contributed by atoms with Gasteiger partial charge in [-0.2, -0.15) is 0 Å². The van der Waals surface area contributed by atoms with Crippen LogP contribution >= 0.6 is 0 Å². The second-order valence-corrected chi connectivity index (χ2v) is 3.28. The molecule has 2 aromatic heterocycles. The second-order valence-electron chi connectivity index (χ2n) is 3.28. The predicted molar refractivity (Wildman–Crippen MR) is 52.3 cm³/mol. The van der Waals surface area contributed by atoms with E-state index in [1.165, 1.54) is 0 Å². The topological polar surface area (TPSA) is 86.2 Å². The standard InChI is InChI=1S/C9H12N4O3/c1-15-6-9-2-7(11-16-9)3-13-4-8(5-14)10-12-13/h2,4,14H,3,5-6H2,1H3. The van der Waals surface area contributed by atoms with Crippen LogP contribution in [0.2, 0.25) is 0 Å². The number of aliphatic hydroxyl groups is 1. The summed E-state index contributed by atoms with van der Waals surface area (Å²) in [5.41, 5.74) is 1.27. The van der Waals surface area contributed by atoms with Crippen molar-refractivity contribution < 1.29 is 14.4 Å². The summed E-state index contributed by atoms with van der Waals surface area (Å²) in [5, 5.41) is 20.3. The van der Waals surface area contributed by atoms with Gasteiger partial charge in [-0.15, -0.1) is 5.10 Å². The first-order valence-corrected chi connectivity index (χ1v) is 4.75. The lowest BCUT2D eigenvalue weighted by Gasteiger charge is -1.92. The highest BCUT2D eigenvalue weighted by atomic mass is 16.5. The smallest absolute Gasteiger partial charge is 0.162 e. The van der Waals surface area contributed by atoms with Crippen LogP contribution in [-0.2, 0) is 24.5 Å². The zero-order chi connectivity index (χ0) is 11.4. The van der Waals surface area contributed by atoms with Crippen molar-refractivity contribution >= 4 is 0 Å². The average Bonchev–Trinajstić information content (AvgIpc) is 2.89. The van der Waals surface area contributed by atoms with Crippen LogP contribution in [0.15, 0.2) is 16.8 Å². The maximum atomic E-state index is 8.82. The fourth-order valence-electron chi connectivity index (χ4n) is 1.29. The van der Waals surface area contributed by atoms with E-state index in [0.29, 0.717) is 24.6 Å². The first kappa shape index (κ1) is 10.8. The lowest BCUT2D eigenvalue weighted by atomic mass is 10.3. The van der Waals surface area contributed by atoms with E-state index in [4.69, 9.17) is 14.4 Å². The Kier molecular flexibility index (Phi) is 3.28. The highest BCUT2D eigenvalue weighted by Crippen LogP contribution is 2.06. The summed E-state index contributed by atoms with van der Waals surface area (Å²) in [5.74, 6) is 0.667. The van der Waals surface area contributed by atoms with Crippen LogP contribution in [-0.4, -0.2) is 32.4 Å². The molecule has 86 valence electrons. The minimum atomic E-state index is -0.117. The van der Waals surface area contributed by atoms with Crippen LogP contribution in [0.5, 0.6) is 0 Å². The molecule has 0 saturated heterocycles. The zero-order valence-electron chi connectivity index (χ0n) is 8.83. The maximum Gasteiger partial charge on any atom is 0.162 e. The van der Waals surface area contributed by atoms with Gasteiger partial charge in [0, 0.05) is 13.2 Å². The van der Waals surface area contributed by atoms with Gasteiger partial charge < -0.3 is 14.4 Å². The number of methoxy groups -OCH3 is 1. The molecular weight excluding hydrogens is 212 g/mol. The monoisotopic (exact) mass is 224 g/mol. The molecular formula is C9H12N4O3. The third-order valence-electron chi connectivity index (χ3n) is 1.97. The number of hydrogen-bond donors (Lipinski definition) is 1. The Morgan fingerprint density at radius 1 is 1.50 bits per heavy atom. The Balaban J connectivity index is 2.02. The number of aliphatic hydroxyl groups excluding tert-OH is 1. The van der Waals surface area contributed by atoms with Crippen LogP contribution in [0.3, 0.4) is 0 Å². The first-order valence-electron chi connectivity index (χ1n) is 4.75. The van der Waals surface area contributed by atoms with Gasteiger partial charge in [0.2, 0.25) is 0 Å². The minimum Gasteiger partial charge on any atom is -0.390 e. The van der Waals surface area contributed by atoms with Crippen molar-refractivity contribution in [2.45, 2.75) is 19.8 Å². The van der Waals surface area contributed by atoms with Gasteiger partial charge in [-0.3, -0.25) is 0 Å². The summed E-state index contributed by atoms with van der Waals surface area (Å²) in [4.78, 5) is 0. The van der Waals surface area contributed by atoms with Gasteiger partial charge in [0.1, 0.15) is 18.0 Å². The summed E-state index contributed by atoms with van der Waals surface area (Å²) in [6.07, 6.45) is 1.66. The number of ether oxygens (including phenoxy) is 1. The van der Waals surface area contributed by atoms with Gasteiger partial charge in [0.05, 0.1) is 19.3 Å². The molecule has 2 heterocycles. The molecule has 0 radical (unpaired) electrons. The van der Waals surface area contributed by atoms with Crippen LogP contribution in [0.25, 0.3) is 0 Å². The quantitative estimate of drug-likeness (QED) is 0.766. The molecule has 0 amide bonds. The number of aromatic nitrogens is 4. The summed E-state index contributed by atoms with van der Waals surface area (Å²) < 4.78 is 11.5. The average molecular weight is 224 g/mol. The molecule has 0 bridgehead atoms. The SMILES string of the molecule is COCc1cc(Cn2cc(CO)nn2)no1. The van der Waals surface area contributed by atoms with Crippen LogP contribution < -0.4 is 0 Å². The van der Waals surface area contributed by atoms with E-state index in [9.17, 15) is 0 Å². The van der Waals surface area contributed by atoms with Gasteiger partial charge in [0.25, 0.3) is 0 Å². The molecule has 2 rings (SSSR count). The van der Waals surface area contributed by atoms with Crippen LogP contribution in [0.1, 0.15) is 17.1 Å². The van der Waals surface area contributed by atoms with E-state index in [-0.39, 0.29) is 6.61 Å². The van der Waals surface area contributed by atoms with E-state index in [0.717, 1.165) is 5.69 Å². The van der Waals surface area contributed by atoms with Gasteiger partial charge in [-0.05, 0) is 0 Å². The van der Waals surface area contributed by atoms with Crippen molar-refractivity contribution in [3.8, 4) is 0 Å². The van der Waals surface area contributed by atoms with E-state index >= 15 is 0 Å². The highest BCUT2D eigenvalue weighted by Gasteiger charge is 2.06. The van der Waals surface area contributed by atoms with E-state index < -0.39 is 0 Å². The van der Waals surface area contributed by atoms with Gasteiger partial charge >= 0.3 is 0 Å². The minimum absolute atomic E-state index is 0.117. The predicted octanol–water partition coefficient (Wildman–Crippen LogP) is -0.0469. The van der Waals surface area contributed by atoms with Crippen LogP contribution in [0.4, 0.5) is 0 Å². The summed E-state index contributed by atoms with van der Waals surface area (Å²) >= 11 is 0. The molecule has 1 N–H and O–H groups in total. The molecule has 0 unspecified atom stereocenters. The zero-order valence-corrected chi connectivity index (χ0v) is 8.83. The van der Waals surface area contributed by atoms with Crippen molar-refractivity contribution in [1.82, 2.24) is 20.2 Å². The summed E-state index contributed by atoms with van der Waals surface area (Å²) in [7, 11) is 1.59. The lowest BCUT2D eigenvalue weighted by molar-refractivity contribution is 0.155. The third-order valence-corrected chi connectivity index (χ3v) is 1.97. The van der Waals surface area contributed by atoms with E-state index in [1.54, 1.807) is 24.1 Å². The first-order chi connectivity index (χ1) is 7.81. The molecule has 7 nitrogen and oxygen atoms in total. The molecule has 0 fully saturated rings. The maximum absolute atomic E-state index is 8.82. The third kappa shape index (κ3) is 2.44. The largest absolute Gasteiger partial charge is 0.390 e.